The fraction of sp³-hybridized carbons (Fsp3) is 0.552. The van der Waals surface area contributed by atoms with Crippen LogP contribution in [0.1, 0.15) is 39.2 Å². The number of ether oxygens (including phenoxy) is 1. The van der Waals surface area contributed by atoms with Gasteiger partial charge in [0.15, 0.2) is 0 Å². The van der Waals surface area contributed by atoms with Gasteiger partial charge >= 0.3 is 0 Å². The smallest absolute Gasteiger partial charge is 0.249 e. The zero-order chi connectivity index (χ0) is 26.4. The highest BCUT2D eigenvalue weighted by Crippen LogP contribution is 2.58. The molecule has 0 radical (unpaired) electrons. The third kappa shape index (κ3) is 3.92. The number of hydrogen-bond donors (Lipinski definition) is 1. The minimum atomic E-state index is -1.25. The van der Waals surface area contributed by atoms with E-state index in [9.17, 15) is 19.5 Å². The number of carbonyl (C=O) groups is 3. The molecule has 0 aliphatic carbocycles. The van der Waals surface area contributed by atoms with Crippen molar-refractivity contribution in [3.63, 3.8) is 0 Å². The second-order valence-electron chi connectivity index (χ2n) is 10.8. The highest BCUT2D eigenvalue weighted by Gasteiger charge is 2.75. The van der Waals surface area contributed by atoms with Gasteiger partial charge in [0.2, 0.25) is 17.7 Å². The fourth-order valence-corrected chi connectivity index (χ4v) is 6.72. The first-order valence-electron chi connectivity index (χ1n) is 13.4. The van der Waals surface area contributed by atoms with Gasteiger partial charge < -0.3 is 24.5 Å². The van der Waals surface area contributed by atoms with Crippen LogP contribution in [0.3, 0.4) is 0 Å². The molecule has 1 aromatic rings. The summed E-state index contributed by atoms with van der Waals surface area (Å²) in [6, 6.07) is 8.88. The standard InChI is InChI=1S/C29H37N3O5/c1-4-28-13-8-15-30(19-21-11-6-5-7-12-21)25(34)22(28)23-26(35)32(17-10-18-33)24-27(36)31(20(2)3)16-9-14-29(23,24)37-28/h5-9,11-14,20,22-24,33H,4,10,15-19H2,1-3H3/t22-,23+,24?,28+,29+/m1/s1. The second-order valence-corrected chi connectivity index (χ2v) is 10.8. The first-order chi connectivity index (χ1) is 17.8. The van der Waals surface area contributed by atoms with E-state index < -0.39 is 29.1 Å². The summed E-state index contributed by atoms with van der Waals surface area (Å²) in [5, 5.41) is 9.54. The van der Waals surface area contributed by atoms with Gasteiger partial charge in [-0.05, 0) is 32.3 Å². The van der Waals surface area contributed by atoms with E-state index in [0.29, 0.717) is 32.5 Å². The van der Waals surface area contributed by atoms with E-state index in [1.165, 1.54) is 0 Å². The lowest BCUT2D eigenvalue weighted by Gasteiger charge is -2.39. The molecule has 1 aromatic carbocycles. The van der Waals surface area contributed by atoms with Crippen LogP contribution < -0.4 is 0 Å². The van der Waals surface area contributed by atoms with Crippen LogP contribution in [0.15, 0.2) is 54.6 Å². The summed E-state index contributed by atoms with van der Waals surface area (Å²) in [5.41, 5.74) is -1.22. The van der Waals surface area contributed by atoms with Crippen molar-refractivity contribution in [3.05, 3.63) is 60.2 Å². The van der Waals surface area contributed by atoms with Crippen molar-refractivity contribution >= 4 is 17.7 Å². The Hall–Kier alpha value is -2.97. The van der Waals surface area contributed by atoms with Gasteiger partial charge in [0.25, 0.3) is 0 Å². The van der Waals surface area contributed by atoms with Crippen LogP contribution in [-0.4, -0.2) is 87.1 Å². The molecule has 5 rings (SSSR count). The minimum absolute atomic E-state index is 0.0592. The van der Waals surface area contributed by atoms with Crippen molar-refractivity contribution in [1.82, 2.24) is 14.7 Å². The molecule has 0 bridgehead atoms. The molecule has 0 saturated carbocycles. The van der Waals surface area contributed by atoms with Crippen LogP contribution >= 0.6 is 0 Å². The van der Waals surface area contributed by atoms with Crippen LogP contribution in [0.5, 0.6) is 0 Å². The zero-order valence-corrected chi connectivity index (χ0v) is 21.9. The SMILES string of the molecule is CC[C@]12C=CCN(Cc3ccccc3)C(=O)[C@H]1[C@H]1C(=O)N(CCCO)C3C(=O)N(C(C)C)CC=C[C@@]31O2. The number of carbonyl (C=O) groups excluding carboxylic acids is 3. The average Bonchev–Trinajstić information content (AvgIpc) is 3.17. The van der Waals surface area contributed by atoms with Crippen LogP contribution in [0.4, 0.5) is 0 Å². The quantitative estimate of drug-likeness (QED) is 0.571. The van der Waals surface area contributed by atoms with Crippen molar-refractivity contribution in [3.8, 4) is 0 Å². The molecule has 4 aliphatic rings. The summed E-state index contributed by atoms with van der Waals surface area (Å²) in [6.45, 7) is 7.30. The Morgan fingerprint density at radius 1 is 1.00 bits per heavy atom. The lowest BCUT2D eigenvalue weighted by atomic mass is 9.73. The molecule has 198 valence electrons. The summed E-state index contributed by atoms with van der Waals surface area (Å²) in [7, 11) is 0. The molecule has 1 N–H and O–H groups in total. The number of aliphatic hydroxyl groups is 1. The molecule has 2 fully saturated rings. The molecule has 5 atom stereocenters. The van der Waals surface area contributed by atoms with E-state index in [-0.39, 0.29) is 36.9 Å². The first-order valence-corrected chi connectivity index (χ1v) is 13.4. The molecule has 4 heterocycles. The van der Waals surface area contributed by atoms with E-state index in [0.717, 1.165) is 5.56 Å². The van der Waals surface area contributed by atoms with Gasteiger partial charge in [-0.1, -0.05) is 61.6 Å². The predicted octanol–water partition coefficient (Wildman–Crippen LogP) is 2.14. The molecule has 8 heteroatoms. The van der Waals surface area contributed by atoms with E-state index in [2.05, 4.69) is 0 Å². The van der Waals surface area contributed by atoms with Crippen LogP contribution in [0, 0.1) is 11.8 Å². The van der Waals surface area contributed by atoms with Crippen molar-refractivity contribution in [2.75, 3.05) is 26.2 Å². The van der Waals surface area contributed by atoms with Gasteiger partial charge in [0.05, 0.1) is 17.4 Å². The number of nitrogens with zero attached hydrogens (tertiary/aromatic N) is 3. The fourth-order valence-electron chi connectivity index (χ4n) is 6.72. The molecule has 4 aliphatic heterocycles. The summed E-state index contributed by atoms with van der Waals surface area (Å²) < 4.78 is 6.93. The van der Waals surface area contributed by atoms with E-state index in [1.807, 2.05) is 75.4 Å². The Labute approximate surface area is 218 Å². The first kappa shape index (κ1) is 25.7. The number of rotatable bonds is 7. The molecule has 0 aromatic heterocycles. The number of fused-ring (bicyclic) bond motifs is 2. The maximum Gasteiger partial charge on any atom is 0.249 e. The maximum absolute atomic E-state index is 14.3. The highest BCUT2D eigenvalue weighted by atomic mass is 16.5. The molecular formula is C29H37N3O5. The molecule has 3 amide bonds. The van der Waals surface area contributed by atoms with Gasteiger partial charge in [-0.2, -0.15) is 0 Å². The second kappa shape index (κ2) is 9.72. The van der Waals surface area contributed by atoms with Gasteiger partial charge in [-0.3, -0.25) is 14.4 Å². The Bertz CT molecular complexity index is 1120. The van der Waals surface area contributed by atoms with Crippen molar-refractivity contribution in [2.45, 2.75) is 63.4 Å². The Morgan fingerprint density at radius 3 is 2.41 bits per heavy atom. The third-order valence-electron chi connectivity index (χ3n) is 8.45. The Balaban J connectivity index is 1.61. The molecule has 8 nitrogen and oxygen atoms in total. The summed E-state index contributed by atoms with van der Waals surface area (Å²) >= 11 is 0. The topological polar surface area (TPSA) is 90.4 Å². The van der Waals surface area contributed by atoms with Gasteiger partial charge in [0, 0.05) is 38.8 Å². The van der Waals surface area contributed by atoms with E-state index in [1.54, 1.807) is 14.7 Å². The Kier molecular flexibility index (Phi) is 6.75. The Morgan fingerprint density at radius 2 is 1.73 bits per heavy atom. The largest absolute Gasteiger partial charge is 0.396 e. The monoisotopic (exact) mass is 507 g/mol. The van der Waals surface area contributed by atoms with Crippen molar-refractivity contribution < 1.29 is 24.2 Å². The number of likely N-dealkylation sites (tertiary alicyclic amines) is 1. The highest BCUT2D eigenvalue weighted by molar-refractivity contribution is 6.00. The number of hydrogen-bond acceptors (Lipinski definition) is 5. The lowest BCUT2D eigenvalue weighted by molar-refractivity contribution is -0.155. The summed E-state index contributed by atoms with van der Waals surface area (Å²) in [6.07, 6.45) is 8.57. The summed E-state index contributed by atoms with van der Waals surface area (Å²) in [4.78, 5) is 47.6. The number of amides is 3. The predicted molar refractivity (Wildman–Crippen MR) is 138 cm³/mol. The lowest BCUT2D eigenvalue weighted by Crippen LogP contribution is -2.57. The summed E-state index contributed by atoms with van der Waals surface area (Å²) in [5.74, 6) is -2.12. The van der Waals surface area contributed by atoms with Crippen LogP contribution in [0.25, 0.3) is 0 Å². The third-order valence-corrected chi connectivity index (χ3v) is 8.45. The molecule has 1 unspecified atom stereocenters. The van der Waals surface area contributed by atoms with Gasteiger partial charge in [0.1, 0.15) is 11.6 Å². The average molecular weight is 508 g/mol. The van der Waals surface area contributed by atoms with Crippen molar-refractivity contribution in [2.24, 2.45) is 11.8 Å². The van der Waals surface area contributed by atoms with Crippen LogP contribution in [-0.2, 0) is 25.7 Å². The molecular weight excluding hydrogens is 470 g/mol. The normalized spacial score (nSPS) is 33.1. The molecule has 1 spiro atoms. The van der Waals surface area contributed by atoms with Gasteiger partial charge in [-0.15, -0.1) is 0 Å². The van der Waals surface area contributed by atoms with E-state index in [4.69, 9.17) is 4.74 Å². The minimum Gasteiger partial charge on any atom is -0.396 e. The molecule has 2 saturated heterocycles. The van der Waals surface area contributed by atoms with Crippen molar-refractivity contribution in [1.29, 1.82) is 0 Å². The van der Waals surface area contributed by atoms with Crippen LogP contribution in [0.2, 0.25) is 0 Å². The van der Waals surface area contributed by atoms with Gasteiger partial charge in [-0.25, -0.2) is 0 Å². The zero-order valence-electron chi connectivity index (χ0n) is 21.9. The maximum atomic E-state index is 14.3. The van der Waals surface area contributed by atoms with E-state index >= 15 is 0 Å². The molecule has 37 heavy (non-hydrogen) atoms. The number of benzene rings is 1. The number of aliphatic hydroxyl groups excluding tert-OH is 1.